The summed E-state index contributed by atoms with van der Waals surface area (Å²) in [5, 5.41) is 3.06. The molecule has 0 aliphatic carbocycles. The molecule has 0 spiro atoms. The molecule has 3 rings (SSSR count). The topological polar surface area (TPSA) is 79.0 Å². The Morgan fingerprint density at radius 3 is 2.31 bits per heavy atom. The zero-order valence-corrected chi connectivity index (χ0v) is 21.5. The van der Waals surface area contributed by atoms with E-state index in [4.69, 9.17) is 17.0 Å². The number of rotatable bonds is 12. The molecule has 1 N–H and O–H groups in total. The molecule has 0 saturated carbocycles. The van der Waals surface area contributed by atoms with Crippen molar-refractivity contribution < 1.29 is 23.5 Å². The minimum atomic E-state index is -0.756. The van der Waals surface area contributed by atoms with E-state index >= 15 is 0 Å². The third-order valence-electron chi connectivity index (χ3n) is 5.96. The second kappa shape index (κ2) is 13.1. The van der Waals surface area contributed by atoms with E-state index in [1.807, 2.05) is 4.90 Å². The standard InChI is InChI=1S/C27H32FN3O4S/c1-3-5-6-7-8-17-30-23(18-24(32)29-21-13-11-20(28)12-14-21)25(33)31(27(30)36)22-15-9-19(10-16-22)26(34)35-4-2/h9-16,23H,3-8,17-18H2,1-2H3,(H,29,32). The van der Waals surface area contributed by atoms with Crippen LogP contribution in [0.25, 0.3) is 0 Å². The fraction of sp³-hybridized carbons (Fsp3) is 0.407. The van der Waals surface area contributed by atoms with Crippen LogP contribution in [-0.4, -0.2) is 47.0 Å². The normalized spacial score (nSPS) is 15.4. The van der Waals surface area contributed by atoms with Gasteiger partial charge in [-0.2, -0.15) is 0 Å². The van der Waals surface area contributed by atoms with E-state index in [0.717, 1.165) is 32.1 Å². The second-order valence-electron chi connectivity index (χ2n) is 8.61. The first-order valence-electron chi connectivity index (χ1n) is 12.3. The fourth-order valence-electron chi connectivity index (χ4n) is 4.09. The highest BCUT2D eigenvalue weighted by atomic mass is 32.1. The van der Waals surface area contributed by atoms with Crippen LogP contribution in [0.4, 0.5) is 15.8 Å². The van der Waals surface area contributed by atoms with Gasteiger partial charge in [-0.3, -0.25) is 14.5 Å². The molecule has 7 nitrogen and oxygen atoms in total. The van der Waals surface area contributed by atoms with Crippen LogP contribution in [0.5, 0.6) is 0 Å². The Morgan fingerprint density at radius 1 is 1.00 bits per heavy atom. The molecule has 1 aliphatic rings. The predicted octanol–water partition coefficient (Wildman–Crippen LogP) is 5.30. The number of hydrogen-bond donors (Lipinski definition) is 1. The Balaban J connectivity index is 1.77. The maximum atomic E-state index is 13.5. The van der Waals surface area contributed by atoms with E-state index in [9.17, 15) is 18.8 Å². The maximum absolute atomic E-state index is 13.5. The summed E-state index contributed by atoms with van der Waals surface area (Å²) in [7, 11) is 0. The van der Waals surface area contributed by atoms with E-state index in [1.165, 1.54) is 29.2 Å². The number of nitrogens with zero attached hydrogens (tertiary/aromatic N) is 2. The van der Waals surface area contributed by atoms with Gasteiger partial charge in [0.15, 0.2) is 5.11 Å². The molecular formula is C27H32FN3O4S. The van der Waals surface area contributed by atoms with Crippen molar-refractivity contribution in [2.45, 2.75) is 58.4 Å². The molecule has 2 aromatic rings. The molecule has 1 fully saturated rings. The summed E-state index contributed by atoms with van der Waals surface area (Å²) in [5.74, 6) is -1.50. The lowest BCUT2D eigenvalue weighted by Crippen LogP contribution is -2.38. The number of amides is 2. The molecule has 0 radical (unpaired) electrons. The summed E-state index contributed by atoms with van der Waals surface area (Å²) < 4.78 is 18.2. The van der Waals surface area contributed by atoms with Crippen LogP contribution in [0.1, 0.15) is 62.7 Å². The van der Waals surface area contributed by atoms with Crippen molar-refractivity contribution in [2.75, 3.05) is 23.4 Å². The maximum Gasteiger partial charge on any atom is 0.338 e. The molecule has 2 aromatic carbocycles. The average molecular weight is 514 g/mol. The number of esters is 1. The largest absolute Gasteiger partial charge is 0.462 e. The number of carbonyl (C=O) groups excluding carboxylic acids is 3. The summed E-state index contributed by atoms with van der Waals surface area (Å²) >= 11 is 5.69. The van der Waals surface area contributed by atoms with Crippen LogP contribution < -0.4 is 10.2 Å². The first-order valence-corrected chi connectivity index (χ1v) is 12.7. The van der Waals surface area contributed by atoms with Crippen molar-refractivity contribution in [2.24, 2.45) is 0 Å². The summed E-state index contributed by atoms with van der Waals surface area (Å²) in [6, 6.07) is 11.2. The summed E-state index contributed by atoms with van der Waals surface area (Å²) in [5.41, 5.74) is 1.35. The number of nitrogens with one attached hydrogen (secondary N) is 1. The Morgan fingerprint density at radius 2 is 1.67 bits per heavy atom. The van der Waals surface area contributed by atoms with Crippen molar-refractivity contribution in [1.82, 2.24) is 4.90 Å². The SMILES string of the molecule is CCCCCCCN1C(=S)N(c2ccc(C(=O)OCC)cc2)C(=O)C1CC(=O)Nc1ccc(F)cc1. The molecule has 0 aromatic heterocycles. The number of anilines is 2. The van der Waals surface area contributed by atoms with E-state index in [1.54, 1.807) is 31.2 Å². The predicted molar refractivity (Wildman–Crippen MR) is 141 cm³/mol. The molecule has 0 bridgehead atoms. The van der Waals surface area contributed by atoms with Gasteiger partial charge in [-0.25, -0.2) is 9.18 Å². The summed E-state index contributed by atoms with van der Waals surface area (Å²) in [4.78, 5) is 41.5. The third-order valence-corrected chi connectivity index (χ3v) is 6.38. The zero-order valence-electron chi connectivity index (χ0n) is 20.7. The van der Waals surface area contributed by atoms with Crippen LogP contribution in [0, 0.1) is 5.82 Å². The van der Waals surface area contributed by atoms with Crippen molar-refractivity contribution in [3.63, 3.8) is 0 Å². The molecule has 1 atom stereocenters. The molecule has 1 heterocycles. The number of ether oxygens (including phenoxy) is 1. The Hall–Kier alpha value is -3.33. The Labute approximate surface area is 216 Å². The average Bonchev–Trinajstić information content (AvgIpc) is 3.09. The smallest absolute Gasteiger partial charge is 0.338 e. The van der Waals surface area contributed by atoms with Gasteiger partial charge < -0.3 is 15.0 Å². The number of halogens is 1. The van der Waals surface area contributed by atoms with Crippen molar-refractivity contribution in [1.29, 1.82) is 0 Å². The highest BCUT2D eigenvalue weighted by Crippen LogP contribution is 2.28. The van der Waals surface area contributed by atoms with Crippen molar-refractivity contribution in [3.8, 4) is 0 Å². The first kappa shape index (κ1) is 27.3. The number of carbonyl (C=O) groups is 3. The van der Waals surface area contributed by atoms with Crippen LogP contribution in [-0.2, 0) is 14.3 Å². The van der Waals surface area contributed by atoms with Crippen molar-refractivity contribution >= 4 is 46.5 Å². The number of hydrogen-bond acceptors (Lipinski definition) is 5. The first-order chi connectivity index (χ1) is 17.3. The molecule has 9 heteroatoms. The van der Waals surface area contributed by atoms with Crippen molar-refractivity contribution in [3.05, 3.63) is 59.9 Å². The van der Waals surface area contributed by atoms with E-state index < -0.39 is 17.8 Å². The van der Waals surface area contributed by atoms with Gasteiger partial charge >= 0.3 is 5.97 Å². The molecule has 2 amide bonds. The van der Waals surface area contributed by atoms with E-state index in [0.29, 0.717) is 28.6 Å². The number of benzene rings is 2. The van der Waals surface area contributed by atoms with Gasteiger partial charge in [-0.15, -0.1) is 0 Å². The van der Waals surface area contributed by atoms with Gasteiger partial charge in [0.25, 0.3) is 5.91 Å². The summed E-state index contributed by atoms with van der Waals surface area (Å²) in [6.07, 6.45) is 5.12. The van der Waals surface area contributed by atoms with Crippen LogP contribution in [0.15, 0.2) is 48.5 Å². The van der Waals surface area contributed by atoms with Gasteiger partial charge in [0.2, 0.25) is 5.91 Å². The molecule has 1 unspecified atom stereocenters. The number of thiocarbonyl (C=S) groups is 1. The minimum absolute atomic E-state index is 0.0945. The monoisotopic (exact) mass is 513 g/mol. The number of unbranched alkanes of at least 4 members (excludes halogenated alkanes) is 4. The van der Waals surface area contributed by atoms with Crippen LogP contribution in [0.3, 0.4) is 0 Å². The van der Waals surface area contributed by atoms with Crippen LogP contribution >= 0.6 is 12.2 Å². The van der Waals surface area contributed by atoms with Crippen LogP contribution in [0.2, 0.25) is 0 Å². The van der Waals surface area contributed by atoms with Gasteiger partial charge in [0.05, 0.1) is 24.3 Å². The Kier molecular flexibility index (Phi) is 9.93. The fourth-order valence-corrected chi connectivity index (χ4v) is 4.51. The second-order valence-corrected chi connectivity index (χ2v) is 8.97. The lowest BCUT2D eigenvalue weighted by atomic mass is 10.1. The van der Waals surface area contributed by atoms with Gasteiger partial charge in [0, 0.05) is 12.2 Å². The molecule has 1 aliphatic heterocycles. The quantitative estimate of drug-likeness (QED) is 0.236. The highest BCUT2D eigenvalue weighted by Gasteiger charge is 2.43. The molecule has 36 heavy (non-hydrogen) atoms. The molecule has 1 saturated heterocycles. The molecular weight excluding hydrogens is 481 g/mol. The lowest BCUT2D eigenvalue weighted by Gasteiger charge is -2.24. The van der Waals surface area contributed by atoms with E-state index in [-0.39, 0.29) is 24.8 Å². The van der Waals surface area contributed by atoms with Gasteiger partial charge in [-0.05, 0) is 74.1 Å². The highest BCUT2D eigenvalue weighted by molar-refractivity contribution is 7.80. The van der Waals surface area contributed by atoms with Gasteiger partial charge in [0.1, 0.15) is 11.9 Å². The zero-order chi connectivity index (χ0) is 26.1. The Bertz CT molecular complexity index is 1080. The third kappa shape index (κ3) is 6.87. The molecule has 192 valence electrons. The van der Waals surface area contributed by atoms with E-state index in [2.05, 4.69) is 12.2 Å². The minimum Gasteiger partial charge on any atom is -0.462 e. The van der Waals surface area contributed by atoms with Gasteiger partial charge in [-0.1, -0.05) is 32.6 Å². The summed E-state index contributed by atoms with van der Waals surface area (Å²) in [6.45, 7) is 4.70. The lowest BCUT2D eigenvalue weighted by molar-refractivity contribution is -0.124.